The van der Waals surface area contributed by atoms with Gasteiger partial charge in [-0.25, -0.2) is 4.79 Å². The number of cyclic esters (lactones) is 1. The van der Waals surface area contributed by atoms with Crippen molar-refractivity contribution in [3.63, 3.8) is 0 Å². The average Bonchev–Trinajstić information content (AvgIpc) is 2.31. The van der Waals surface area contributed by atoms with Crippen LogP contribution in [-0.4, -0.2) is 12.6 Å². The van der Waals surface area contributed by atoms with Gasteiger partial charge in [0.1, 0.15) is 6.61 Å². The van der Waals surface area contributed by atoms with E-state index in [0.717, 1.165) is 18.4 Å². The highest BCUT2D eigenvalue weighted by Gasteiger charge is 2.14. The molecule has 0 bridgehead atoms. The van der Waals surface area contributed by atoms with Crippen LogP contribution in [0.1, 0.15) is 12.8 Å². The summed E-state index contributed by atoms with van der Waals surface area (Å²) in [4.78, 5) is 10.8. The van der Waals surface area contributed by atoms with E-state index >= 15 is 0 Å². The quantitative estimate of drug-likeness (QED) is 0.435. The smallest absolute Gasteiger partial charge is 0.334 e. The van der Waals surface area contributed by atoms with Gasteiger partial charge in [-0.2, -0.15) is 0 Å². The molecular formula is C8H10O2. The molecule has 0 aromatic rings. The molecule has 0 aromatic carbocycles. The number of ether oxygens (including phenoxy) is 1. The van der Waals surface area contributed by atoms with E-state index in [4.69, 9.17) is 4.74 Å². The van der Waals surface area contributed by atoms with Gasteiger partial charge in [-0.05, 0) is 18.9 Å². The zero-order valence-corrected chi connectivity index (χ0v) is 5.80. The number of esters is 1. The fourth-order valence-electron chi connectivity index (χ4n) is 0.856. The van der Waals surface area contributed by atoms with Crippen molar-refractivity contribution in [2.45, 2.75) is 12.8 Å². The number of allylic oxidation sites excluding steroid dienone is 1. The van der Waals surface area contributed by atoms with Gasteiger partial charge in [0.15, 0.2) is 0 Å². The molecule has 1 aliphatic heterocycles. The van der Waals surface area contributed by atoms with Crippen molar-refractivity contribution in [3.8, 4) is 0 Å². The maximum atomic E-state index is 10.8. The molecule has 0 fully saturated rings. The summed E-state index contributed by atoms with van der Waals surface area (Å²) in [5.74, 6) is -0.165. The van der Waals surface area contributed by atoms with Gasteiger partial charge in [0.2, 0.25) is 0 Å². The Morgan fingerprint density at radius 2 is 2.60 bits per heavy atom. The third-order valence-corrected chi connectivity index (χ3v) is 1.42. The normalized spacial score (nSPS) is 16.4. The number of rotatable bonds is 3. The first kappa shape index (κ1) is 7.06. The van der Waals surface area contributed by atoms with E-state index in [1.54, 1.807) is 6.08 Å². The molecular weight excluding hydrogens is 128 g/mol. The third-order valence-electron chi connectivity index (χ3n) is 1.42. The topological polar surface area (TPSA) is 26.3 Å². The molecule has 2 heteroatoms. The molecule has 1 aliphatic rings. The molecule has 0 saturated heterocycles. The molecule has 0 radical (unpaired) electrons. The molecule has 0 aliphatic carbocycles. The molecule has 10 heavy (non-hydrogen) atoms. The summed E-state index contributed by atoms with van der Waals surface area (Å²) in [5.41, 5.74) is 0.792. The van der Waals surface area contributed by atoms with Crippen molar-refractivity contribution in [3.05, 3.63) is 24.3 Å². The summed E-state index contributed by atoms with van der Waals surface area (Å²) >= 11 is 0. The van der Waals surface area contributed by atoms with Gasteiger partial charge < -0.3 is 4.74 Å². The first-order chi connectivity index (χ1) is 4.84. The lowest BCUT2D eigenvalue weighted by Gasteiger charge is -1.93. The van der Waals surface area contributed by atoms with E-state index in [1.807, 2.05) is 6.08 Å². The fraction of sp³-hybridized carbons (Fsp3) is 0.375. The molecule has 0 aromatic heterocycles. The lowest BCUT2D eigenvalue weighted by Crippen LogP contribution is -1.98. The highest BCUT2D eigenvalue weighted by Crippen LogP contribution is 2.12. The summed E-state index contributed by atoms with van der Waals surface area (Å²) in [5, 5.41) is 0. The predicted molar refractivity (Wildman–Crippen MR) is 38.5 cm³/mol. The molecule has 1 rings (SSSR count). The Morgan fingerprint density at radius 1 is 1.80 bits per heavy atom. The molecule has 0 unspecified atom stereocenters. The maximum Gasteiger partial charge on any atom is 0.334 e. The van der Waals surface area contributed by atoms with Crippen LogP contribution >= 0.6 is 0 Å². The van der Waals surface area contributed by atoms with E-state index in [1.165, 1.54) is 0 Å². The van der Waals surface area contributed by atoms with Gasteiger partial charge in [0, 0.05) is 5.57 Å². The first-order valence-corrected chi connectivity index (χ1v) is 3.31. The van der Waals surface area contributed by atoms with E-state index in [9.17, 15) is 4.79 Å². The molecule has 2 nitrogen and oxygen atoms in total. The Kier molecular flexibility index (Phi) is 2.26. The zero-order chi connectivity index (χ0) is 7.40. The van der Waals surface area contributed by atoms with E-state index in [-0.39, 0.29) is 5.97 Å². The van der Waals surface area contributed by atoms with Gasteiger partial charge >= 0.3 is 5.97 Å². The van der Waals surface area contributed by atoms with Crippen molar-refractivity contribution >= 4 is 5.97 Å². The number of carbonyl (C=O) groups excluding carboxylic acids is 1. The second kappa shape index (κ2) is 3.20. The highest BCUT2D eigenvalue weighted by atomic mass is 16.5. The minimum atomic E-state index is -0.165. The molecule has 0 amide bonds. The number of hydrogen-bond donors (Lipinski definition) is 0. The van der Waals surface area contributed by atoms with Gasteiger partial charge in [-0.3, -0.25) is 0 Å². The Labute approximate surface area is 60.2 Å². The summed E-state index contributed by atoms with van der Waals surface area (Å²) in [6.07, 6.45) is 5.24. The van der Waals surface area contributed by atoms with E-state index < -0.39 is 0 Å². The Bertz CT molecular complexity index is 180. The minimum absolute atomic E-state index is 0.165. The van der Waals surface area contributed by atoms with Crippen molar-refractivity contribution in [1.29, 1.82) is 0 Å². The SMILES string of the molecule is C=CCCC1=CCOC1=O. The molecule has 1 heterocycles. The zero-order valence-electron chi connectivity index (χ0n) is 5.80. The summed E-state index contributed by atoms with van der Waals surface area (Å²) in [7, 11) is 0. The maximum absolute atomic E-state index is 10.8. The Hall–Kier alpha value is -1.05. The average molecular weight is 138 g/mol. The molecule has 0 saturated carbocycles. The second-order valence-electron chi connectivity index (χ2n) is 2.16. The van der Waals surface area contributed by atoms with Crippen LogP contribution in [0.3, 0.4) is 0 Å². The van der Waals surface area contributed by atoms with E-state index in [0.29, 0.717) is 6.61 Å². The second-order valence-corrected chi connectivity index (χ2v) is 2.16. The number of carbonyl (C=O) groups is 1. The summed E-state index contributed by atoms with van der Waals surface area (Å²) in [6, 6.07) is 0. The van der Waals surface area contributed by atoms with Crippen LogP contribution in [0, 0.1) is 0 Å². The third kappa shape index (κ3) is 1.47. The van der Waals surface area contributed by atoms with Crippen molar-refractivity contribution < 1.29 is 9.53 Å². The largest absolute Gasteiger partial charge is 0.458 e. The summed E-state index contributed by atoms with van der Waals surface area (Å²) < 4.78 is 4.70. The standard InChI is InChI=1S/C8H10O2/c1-2-3-4-7-5-6-10-8(7)9/h2,5H,1,3-4,6H2. The number of hydrogen-bond acceptors (Lipinski definition) is 2. The Balaban J connectivity index is 2.39. The Morgan fingerprint density at radius 3 is 3.10 bits per heavy atom. The highest BCUT2D eigenvalue weighted by molar-refractivity contribution is 5.90. The predicted octanol–water partition coefficient (Wildman–Crippen LogP) is 1.44. The van der Waals surface area contributed by atoms with Crippen LogP contribution in [0.2, 0.25) is 0 Å². The van der Waals surface area contributed by atoms with Crippen LogP contribution in [0.5, 0.6) is 0 Å². The molecule has 54 valence electrons. The fourth-order valence-corrected chi connectivity index (χ4v) is 0.856. The van der Waals surface area contributed by atoms with Crippen LogP contribution in [-0.2, 0) is 9.53 Å². The van der Waals surface area contributed by atoms with Crippen molar-refractivity contribution in [1.82, 2.24) is 0 Å². The van der Waals surface area contributed by atoms with Crippen LogP contribution in [0.15, 0.2) is 24.3 Å². The van der Waals surface area contributed by atoms with Gasteiger partial charge in [0.25, 0.3) is 0 Å². The van der Waals surface area contributed by atoms with E-state index in [2.05, 4.69) is 6.58 Å². The van der Waals surface area contributed by atoms with Crippen LogP contribution in [0.25, 0.3) is 0 Å². The van der Waals surface area contributed by atoms with Crippen LogP contribution in [0.4, 0.5) is 0 Å². The summed E-state index contributed by atoms with van der Waals surface area (Å²) in [6.45, 7) is 4.02. The lowest BCUT2D eigenvalue weighted by atomic mass is 10.1. The van der Waals surface area contributed by atoms with Gasteiger partial charge in [-0.1, -0.05) is 6.08 Å². The first-order valence-electron chi connectivity index (χ1n) is 3.31. The molecule has 0 N–H and O–H groups in total. The van der Waals surface area contributed by atoms with Crippen molar-refractivity contribution in [2.75, 3.05) is 6.61 Å². The lowest BCUT2D eigenvalue weighted by molar-refractivity contribution is -0.136. The minimum Gasteiger partial charge on any atom is -0.458 e. The van der Waals surface area contributed by atoms with Gasteiger partial charge in [0.05, 0.1) is 0 Å². The molecule has 0 atom stereocenters. The molecule has 0 spiro atoms. The van der Waals surface area contributed by atoms with Crippen LogP contribution < -0.4 is 0 Å². The van der Waals surface area contributed by atoms with Gasteiger partial charge in [-0.15, -0.1) is 6.58 Å². The van der Waals surface area contributed by atoms with Crippen molar-refractivity contribution in [2.24, 2.45) is 0 Å². The monoisotopic (exact) mass is 138 g/mol.